The normalized spacial score (nSPS) is 32.5. The van der Waals surface area contributed by atoms with Gasteiger partial charge in [-0.2, -0.15) is 0 Å². The van der Waals surface area contributed by atoms with E-state index in [1.807, 2.05) is 0 Å². The minimum atomic E-state index is -0.831. The van der Waals surface area contributed by atoms with Crippen LogP contribution < -0.4 is 0 Å². The van der Waals surface area contributed by atoms with Gasteiger partial charge < -0.3 is 10.2 Å². The van der Waals surface area contributed by atoms with Crippen LogP contribution in [0.2, 0.25) is 0 Å². The fraction of sp³-hybridized carbons (Fsp3) is 0.857. The third-order valence-corrected chi connectivity index (χ3v) is 1.89. The van der Waals surface area contributed by atoms with Gasteiger partial charge in [0.15, 0.2) is 0 Å². The Labute approximate surface area is 65.4 Å². The molecule has 1 fully saturated rings. The maximum absolute atomic E-state index is 10.2. The summed E-state index contributed by atoms with van der Waals surface area (Å²) in [6.45, 7) is 2.92. The first-order valence-electron chi connectivity index (χ1n) is 3.66. The lowest BCUT2D eigenvalue weighted by atomic mass is 10.1. The van der Waals surface area contributed by atoms with Crippen molar-refractivity contribution in [1.29, 1.82) is 0 Å². The summed E-state index contributed by atoms with van der Waals surface area (Å²) in [7, 11) is 0. The smallest absolute Gasteiger partial charge is 0.317 e. The van der Waals surface area contributed by atoms with E-state index >= 15 is 0 Å². The van der Waals surface area contributed by atoms with Crippen LogP contribution in [-0.4, -0.2) is 46.3 Å². The van der Waals surface area contributed by atoms with Crippen molar-refractivity contribution in [2.75, 3.05) is 19.6 Å². The zero-order valence-electron chi connectivity index (χ0n) is 6.58. The van der Waals surface area contributed by atoms with Gasteiger partial charge in [0, 0.05) is 13.1 Å². The van der Waals surface area contributed by atoms with Crippen LogP contribution in [0.1, 0.15) is 13.3 Å². The molecule has 64 valence electrons. The molecule has 0 radical (unpaired) electrons. The number of rotatable bonds is 2. The number of β-amino-alcohol motifs (C(OH)–C–C–N with tert-alkyl or cyclic N) is 1. The molecule has 1 atom stereocenters. The SMILES string of the molecule is C[C@]1(O)CCN(CC(=O)O)C1. The van der Waals surface area contributed by atoms with E-state index in [0.717, 1.165) is 0 Å². The van der Waals surface area contributed by atoms with Crippen molar-refractivity contribution in [2.45, 2.75) is 18.9 Å². The van der Waals surface area contributed by atoms with Crippen LogP contribution in [0.3, 0.4) is 0 Å². The summed E-state index contributed by atoms with van der Waals surface area (Å²) < 4.78 is 0. The fourth-order valence-electron chi connectivity index (χ4n) is 1.37. The highest BCUT2D eigenvalue weighted by Gasteiger charge is 2.31. The van der Waals surface area contributed by atoms with Crippen LogP contribution in [-0.2, 0) is 4.79 Å². The Morgan fingerprint density at radius 1 is 1.73 bits per heavy atom. The van der Waals surface area contributed by atoms with Gasteiger partial charge in [0.2, 0.25) is 0 Å². The monoisotopic (exact) mass is 159 g/mol. The molecule has 0 aliphatic carbocycles. The topological polar surface area (TPSA) is 60.8 Å². The molecule has 0 saturated carbocycles. The molecule has 1 aliphatic rings. The lowest BCUT2D eigenvalue weighted by Crippen LogP contribution is -2.32. The van der Waals surface area contributed by atoms with Gasteiger partial charge in [-0.05, 0) is 13.3 Å². The molecular formula is C7H13NO3. The van der Waals surface area contributed by atoms with Crippen molar-refractivity contribution in [3.8, 4) is 0 Å². The van der Waals surface area contributed by atoms with Crippen LogP contribution >= 0.6 is 0 Å². The van der Waals surface area contributed by atoms with Crippen LogP contribution in [0.5, 0.6) is 0 Å². The number of nitrogens with zero attached hydrogens (tertiary/aromatic N) is 1. The Balaban J connectivity index is 2.36. The Bertz CT molecular complexity index is 167. The molecule has 4 heteroatoms. The average molecular weight is 159 g/mol. The summed E-state index contributed by atoms with van der Waals surface area (Å²) in [5.74, 6) is -0.831. The quantitative estimate of drug-likeness (QED) is 0.571. The van der Waals surface area contributed by atoms with Gasteiger partial charge in [0.05, 0.1) is 12.1 Å². The third-order valence-electron chi connectivity index (χ3n) is 1.89. The van der Waals surface area contributed by atoms with E-state index in [0.29, 0.717) is 19.5 Å². The van der Waals surface area contributed by atoms with Crippen molar-refractivity contribution in [3.63, 3.8) is 0 Å². The first-order chi connectivity index (χ1) is 4.99. The zero-order valence-corrected chi connectivity index (χ0v) is 6.58. The number of carboxylic acid groups (broad SMARTS) is 1. The molecule has 0 unspecified atom stereocenters. The van der Waals surface area contributed by atoms with Crippen molar-refractivity contribution < 1.29 is 15.0 Å². The van der Waals surface area contributed by atoms with Gasteiger partial charge in [-0.3, -0.25) is 9.69 Å². The Hall–Kier alpha value is -0.610. The molecule has 0 amide bonds. The molecule has 4 nitrogen and oxygen atoms in total. The maximum atomic E-state index is 10.2. The molecule has 1 rings (SSSR count). The number of carboxylic acids is 1. The van der Waals surface area contributed by atoms with Gasteiger partial charge in [0.1, 0.15) is 0 Å². The molecule has 0 aromatic carbocycles. The third kappa shape index (κ3) is 2.48. The number of carbonyl (C=O) groups is 1. The van der Waals surface area contributed by atoms with Crippen LogP contribution in [0.4, 0.5) is 0 Å². The molecule has 0 bridgehead atoms. The number of aliphatic carboxylic acids is 1. The Kier molecular flexibility index (Phi) is 2.15. The lowest BCUT2D eigenvalue weighted by molar-refractivity contribution is -0.138. The highest BCUT2D eigenvalue weighted by Crippen LogP contribution is 2.19. The van der Waals surface area contributed by atoms with E-state index in [4.69, 9.17) is 5.11 Å². The molecule has 0 aromatic heterocycles. The summed E-state index contributed by atoms with van der Waals surface area (Å²) in [6, 6.07) is 0. The first-order valence-corrected chi connectivity index (χ1v) is 3.66. The fourth-order valence-corrected chi connectivity index (χ4v) is 1.37. The van der Waals surface area contributed by atoms with E-state index in [1.54, 1.807) is 11.8 Å². The van der Waals surface area contributed by atoms with Crippen LogP contribution in [0, 0.1) is 0 Å². The van der Waals surface area contributed by atoms with Gasteiger partial charge in [-0.15, -0.1) is 0 Å². The Morgan fingerprint density at radius 2 is 2.36 bits per heavy atom. The summed E-state index contributed by atoms with van der Waals surface area (Å²) in [6.07, 6.45) is 0.667. The number of hydrogen-bond acceptors (Lipinski definition) is 3. The molecule has 1 aliphatic heterocycles. The molecule has 0 aromatic rings. The van der Waals surface area contributed by atoms with E-state index < -0.39 is 11.6 Å². The molecule has 11 heavy (non-hydrogen) atoms. The number of hydrogen-bond donors (Lipinski definition) is 2. The zero-order chi connectivity index (χ0) is 8.48. The highest BCUT2D eigenvalue weighted by molar-refractivity contribution is 5.69. The average Bonchev–Trinajstić information content (AvgIpc) is 2.08. The van der Waals surface area contributed by atoms with Crippen molar-refractivity contribution in [1.82, 2.24) is 4.90 Å². The largest absolute Gasteiger partial charge is 0.480 e. The number of aliphatic hydroxyl groups is 1. The first kappa shape index (κ1) is 8.49. The van der Waals surface area contributed by atoms with Gasteiger partial charge in [-0.1, -0.05) is 0 Å². The standard InChI is InChI=1S/C7H13NO3/c1-7(11)2-3-8(5-7)4-6(9)10/h11H,2-5H2,1H3,(H,9,10)/t7-/m0/s1. The van der Waals surface area contributed by atoms with Crippen LogP contribution in [0.25, 0.3) is 0 Å². The maximum Gasteiger partial charge on any atom is 0.317 e. The minimum absolute atomic E-state index is 0.0378. The van der Waals surface area contributed by atoms with Crippen molar-refractivity contribution in [2.24, 2.45) is 0 Å². The van der Waals surface area contributed by atoms with Gasteiger partial charge in [-0.25, -0.2) is 0 Å². The second kappa shape index (κ2) is 2.79. The summed E-state index contributed by atoms with van der Waals surface area (Å²) in [4.78, 5) is 12.0. The van der Waals surface area contributed by atoms with E-state index in [-0.39, 0.29) is 6.54 Å². The second-order valence-electron chi connectivity index (χ2n) is 3.35. The molecule has 0 spiro atoms. The second-order valence-corrected chi connectivity index (χ2v) is 3.35. The molecular weight excluding hydrogens is 146 g/mol. The minimum Gasteiger partial charge on any atom is -0.480 e. The predicted octanol–water partition coefficient (Wildman–Crippen LogP) is -0.472. The van der Waals surface area contributed by atoms with Crippen molar-refractivity contribution >= 4 is 5.97 Å². The molecule has 2 N–H and O–H groups in total. The summed E-state index contributed by atoms with van der Waals surface area (Å²) in [5, 5.41) is 17.9. The lowest BCUT2D eigenvalue weighted by Gasteiger charge is -2.16. The molecule has 1 saturated heterocycles. The summed E-state index contributed by atoms with van der Waals surface area (Å²) in [5.41, 5.74) is -0.685. The predicted molar refractivity (Wildman–Crippen MR) is 39.3 cm³/mol. The highest BCUT2D eigenvalue weighted by atomic mass is 16.4. The van der Waals surface area contributed by atoms with Gasteiger partial charge >= 0.3 is 5.97 Å². The van der Waals surface area contributed by atoms with Crippen molar-refractivity contribution in [3.05, 3.63) is 0 Å². The number of likely N-dealkylation sites (tertiary alicyclic amines) is 1. The van der Waals surface area contributed by atoms with E-state index in [2.05, 4.69) is 0 Å². The summed E-state index contributed by atoms with van der Waals surface area (Å²) >= 11 is 0. The Morgan fingerprint density at radius 3 is 2.73 bits per heavy atom. The molecule has 1 heterocycles. The van der Waals surface area contributed by atoms with E-state index in [9.17, 15) is 9.90 Å². The van der Waals surface area contributed by atoms with Crippen LogP contribution in [0.15, 0.2) is 0 Å². The van der Waals surface area contributed by atoms with E-state index in [1.165, 1.54) is 0 Å². The van der Waals surface area contributed by atoms with Gasteiger partial charge in [0.25, 0.3) is 0 Å².